The predicted octanol–water partition coefficient (Wildman–Crippen LogP) is 2.35. The second-order valence-corrected chi connectivity index (χ2v) is 3.91. The van der Waals surface area contributed by atoms with Gasteiger partial charge in [-0.1, -0.05) is 13.0 Å². The van der Waals surface area contributed by atoms with Crippen LogP contribution in [-0.4, -0.2) is 19.5 Å². The van der Waals surface area contributed by atoms with E-state index in [9.17, 15) is 9.18 Å². The van der Waals surface area contributed by atoms with Crippen molar-refractivity contribution in [3.8, 4) is 0 Å². The van der Waals surface area contributed by atoms with Gasteiger partial charge in [-0.15, -0.1) is 12.4 Å². The highest BCUT2D eigenvalue weighted by Gasteiger charge is 2.13. The molecule has 1 rings (SSSR count). The number of aryl methyl sites for hydroxylation is 1. The molecule has 0 heterocycles. The molecule has 0 spiro atoms. The number of rotatable bonds is 4. The first kappa shape index (κ1) is 15.9. The SMILES string of the molecule is CNCC(C)C(=O)Nc1cc(F)ccc1C.Cl. The molecule has 17 heavy (non-hydrogen) atoms. The molecule has 0 saturated carbocycles. The van der Waals surface area contributed by atoms with Gasteiger partial charge in [0.15, 0.2) is 0 Å². The third-order valence-corrected chi connectivity index (χ3v) is 2.42. The van der Waals surface area contributed by atoms with Crippen LogP contribution < -0.4 is 10.6 Å². The highest BCUT2D eigenvalue weighted by molar-refractivity contribution is 5.93. The Hall–Kier alpha value is -1.13. The van der Waals surface area contributed by atoms with Gasteiger partial charge in [-0.2, -0.15) is 0 Å². The van der Waals surface area contributed by atoms with Crippen LogP contribution in [-0.2, 0) is 4.79 Å². The summed E-state index contributed by atoms with van der Waals surface area (Å²) in [6, 6.07) is 4.36. The van der Waals surface area contributed by atoms with E-state index in [4.69, 9.17) is 0 Å². The van der Waals surface area contributed by atoms with Crippen molar-refractivity contribution in [3.05, 3.63) is 29.6 Å². The fraction of sp³-hybridized carbons (Fsp3) is 0.417. The number of hydrogen-bond donors (Lipinski definition) is 2. The van der Waals surface area contributed by atoms with Gasteiger partial charge >= 0.3 is 0 Å². The summed E-state index contributed by atoms with van der Waals surface area (Å²) in [6.07, 6.45) is 0. The van der Waals surface area contributed by atoms with Gasteiger partial charge < -0.3 is 10.6 Å². The number of amides is 1. The molecule has 0 bridgehead atoms. The molecule has 3 nitrogen and oxygen atoms in total. The van der Waals surface area contributed by atoms with Crippen LogP contribution in [0, 0.1) is 18.7 Å². The molecule has 1 aromatic rings. The monoisotopic (exact) mass is 260 g/mol. The lowest BCUT2D eigenvalue weighted by Crippen LogP contribution is -2.28. The number of anilines is 1. The van der Waals surface area contributed by atoms with Crippen LogP contribution in [0.5, 0.6) is 0 Å². The summed E-state index contributed by atoms with van der Waals surface area (Å²) in [7, 11) is 1.79. The maximum absolute atomic E-state index is 13.0. The Morgan fingerprint density at radius 2 is 2.12 bits per heavy atom. The number of carbonyl (C=O) groups is 1. The summed E-state index contributed by atoms with van der Waals surface area (Å²) in [4.78, 5) is 11.7. The van der Waals surface area contributed by atoms with E-state index < -0.39 is 0 Å². The van der Waals surface area contributed by atoms with Gasteiger partial charge in [0.2, 0.25) is 5.91 Å². The zero-order valence-electron chi connectivity index (χ0n) is 10.2. The second kappa shape index (κ2) is 7.25. The largest absolute Gasteiger partial charge is 0.325 e. The Morgan fingerprint density at radius 1 is 1.47 bits per heavy atom. The minimum atomic E-state index is -0.345. The maximum atomic E-state index is 13.0. The molecule has 0 saturated heterocycles. The van der Waals surface area contributed by atoms with Gasteiger partial charge in [0.1, 0.15) is 5.82 Å². The third-order valence-electron chi connectivity index (χ3n) is 2.42. The zero-order chi connectivity index (χ0) is 12.1. The van der Waals surface area contributed by atoms with E-state index in [1.807, 2.05) is 13.8 Å². The summed E-state index contributed by atoms with van der Waals surface area (Å²) in [6.45, 7) is 4.25. The molecule has 1 aromatic carbocycles. The zero-order valence-corrected chi connectivity index (χ0v) is 11.0. The second-order valence-electron chi connectivity index (χ2n) is 3.91. The normalized spacial score (nSPS) is 11.5. The molecule has 1 unspecified atom stereocenters. The van der Waals surface area contributed by atoms with Gasteiger partial charge in [0.25, 0.3) is 0 Å². The summed E-state index contributed by atoms with van der Waals surface area (Å²) >= 11 is 0. The topological polar surface area (TPSA) is 41.1 Å². The maximum Gasteiger partial charge on any atom is 0.228 e. The molecule has 0 aliphatic carbocycles. The lowest BCUT2D eigenvalue weighted by molar-refractivity contribution is -0.119. The number of hydrogen-bond acceptors (Lipinski definition) is 2. The molecular weight excluding hydrogens is 243 g/mol. The third kappa shape index (κ3) is 4.71. The first-order chi connectivity index (χ1) is 7.54. The first-order valence-electron chi connectivity index (χ1n) is 5.26. The van der Waals surface area contributed by atoms with Crippen molar-refractivity contribution in [3.63, 3.8) is 0 Å². The molecular formula is C12H18ClFN2O. The summed E-state index contributed by atoms with van der Waals surface area (Å²) in [5.74, 6) is -0.599. The smallest absolute Gasteiger partial charge is 0.228 e. The van der Waals surface area contributed by atoms with Crippen molar-refractivity contribution in [2.24, 2.45) is 5.92 Å². The van der Waals surface area contributed by atoms with Gasteiger partial charge in [-0.25, -0.2) is 4.39 Å². The Morgan fingerprint density at radius 3 is 2.71 bits per heavy atom. The summed E-state index contributed by atoms with van der Waals surface area (Å²) < 4.78 is 13.0. The summed E-state index contributed by atoms with van der Waals surface area (Å²) in [5.41, 5.74) is 1.39. The number of halogens is 2. The lowest BCUT2D eigenvalue weighted by atomic mass is 10.1. The molecule has 5 heteroatoms. The fourth-order valence-electron chi connectivity index (χ4n) is 1.38. The fourth-order valence-corrected chi connectivity index (χ4v) is 1.38. The Labute approximate surface area is 107 Å². The first-order valence-corrected chi connectivity index (χ1v) is 5.26. The van der Waals surface area contributed by atoms with Crippen molar-refractivity contribution in [1.29, 1.82) is 0 Å². The average molecular weight is 261 g/mol. The van der Waals surface area contributed by atoms with Crippen LogP contribution in [0.15, 0.2) is 18.2 Å². The van der Waals surface area contributed by atoms with Crippen LogP contribution in [0.1, 0.15) is 12.5 Å². The average Bonchev–Trinajstić information content (AvgIpc) is 2.23. The van der Waals surface area contributed by atoms with E-state index in [1.165, 1.54) is 12.1 Å². The van der Waals surface area contributed by atoms with Crippen molar-refractivity contribution in [2.75, 3.05) is 18.9 Å². The standard InChI is InChI=1S/C12H17FN2O.ClH/c1-8-4-5-10(13)6-11(8)15-12(16)9(2)7-14-3;/h4-6,9,14H,7H2,1-3H3,(H,15,16);1H. The molecule has 1 amide bonds. The molecule has 0 radical (unpaired) electrons. The Kier molecular flexibility index (Phi) is 6.76. The molecule has 96 valence electrons. The minimum Gasteiger partial charge on any atom is -0.325 e. The summed E-state index contributed by atoms with van der Waals surface area (Å²) in [5, 5.41) is 5.64. The number of carbonyl (C=O) groups excluding carboxylic acids is 1. The quantitative estimate of drug-likeness (QED) is 0.873. The van der Waals surface area contributed by atoms with Gasteiger partial charge in [-0.05, 0) is 31.7 Å². The van der Waals surface area contributed by atoms with Crippen molar-refractivity contribution in [2.45, 2.75) is 13.8 Å². The molecule has 0 aliphatic heterocycles. The van der Waals surface area contributed by atoms with Crippen molar-refractivity contribution >= 4 is 24.0 Å². The van der Waals surface area contributed by atoms with Crippen LogP contribution in [0.2, 0.25) is 0 Å². The van der Waals surface area contributed by atoms with E-state index in [1.54, 1.807) is 13.1 Å². The van der Waals surface area contributed by atoms with Crippen molar-refractivity contribution < 1.29 is 9.18 Å². The van der Waals surface area contributed by atoms with E-state index in [2.05, 4.69) is 10.6 Å². The van der Waals surface area contributed by atoms with Gasteiger partial charge in [0, 0.05) is 18.2 Å². The molecule has 1 atom stereocenters. The van der Waals surface area contributed by atoms with Crippen LogP contribution >= 0.6 is 12.4 Å². The number of benzene rings is 1. The molecule has 2 N–H and O–H groups in total. The minimum absolute atomic E-state index is 0. The Balaban J connectivity index is 0.00000256. The highest BCUT2D eigenvalue weighted by atomic mass is 35.5. The van der Waals surface area contributed by atoms with Crippen LogP contribution in [0.4, 0.5) is 10.1 Å². The van der Waals surface area contributed by atoms with E-state index >= 15 is 0 Å². The van der Waals surface area contributed by atoms with E-state index in [0.29, 0.717) is 12.2 Å². The predicted molar refractivity (Wildman–Crippen MR) is 70.1 cm³/mol. The van der Waals surface area contributed by atoms with E-state index in [0.717, 1.165) is 5.56 Å². The highest BCUT2D eigenvalue weighted by Crippen LogP contribution is 2.16. The van der Waals surface area contributed by atoms with Crippen LogP contribution in [0.25, 0.3) is 0 Å². The van der Waals surface area contributed by atoms with Gasteiger partial charge in [0.05, 0.1) is 0 Å². The lowest BCUT2D eigenvalue weighted by Gasteiger charge is -2.13. The molecule has 0 aliphatic rings. The molecule has 0 fully saturated rings. The number of nitrogens with one attached hydrogen (secondary N) is 2. The van der Waals surface area contributed by atoms with Crippen LogP contribution in [0.3, 0.4) is 0 Å². The van der Waals surface area contributed by atoms with Gasteiger partial charge in [-0.3, -0.25) is 4.79 Å². The van der Waals surface area contributed by atoms with Crippen molar-refractivity contribution in [1.82, 2.24) is 5.32 Å². The molecule has 0 aromatic heterocycles. The van der Waals surface area contributed by atoms with E-state index in [-0.39, 0.29) is 30.0 Å². The Bertz CT molecular complexity index is 385.